The molecule has 2 aromatic carbocycles. The van der Waals surface area contributed by atoms with Crippen molar-refractivity contribution in [1.29, 1.82) is 0 Å². The lowest BCUT2D eigenvalue weighted by molar-refractivity contribution is -0.125. The van der Waals surface area contributed by atoms with Gasteiger partial charge in [-0.15, -0.1) is 11.3 Å². The van der Waals surface area contributed by atoms with Crippen LogP contribution in [0.5, 0.6) is 17.2 Å². The third-order valence-corrected chi connectivity index (χ3v) is 7.37. The highest BCUT2D eigenvalue weighted by molar-refractivity contribution is 7.93. The van der Waals surface area contributed by atoms with E-state index in [1.54, 1.807) is 42.5 Å². The zero-order valence-corrected chi connectivity index (χ0v) is 18.8. The number of amides is 1. The van der Waals surface area contributed by atoms with Gasteiger partial charge < -0.3 is 19.1 Å². The second kappa shape index (κ2) is 7.68. The fraction of sp³-hybridized carbons (Fsp3) is 0.238. The fourth-order valence-corrected chi connectivity index (χ4v) is 5.48. The summed E-state index contributed by atoms with van der Waals surface area (Å²) in [6.07, 6.45) is -0.542. The Labute approximate surface area is 188 Å². The van der Waals surface area contributed by atoms with Gasteiger partial charge in [-0.3, -0.25) is 9.52 Å². The number of rotatable bonds is 4. The summed E-state index contributed by atoms with van der Waals surface area (Å²) in [7, 11) is -2.17. The van der Waals surface area contributed by atoms with Crippen molar-refractivity contribution in [3.63, 3.8) is 0 Å². The highest BCUT2D eigenvalue weighted by atomic mass is 32.2. The second-order valence-electron chi connectivity index (χ2n) is 7.29. The number of sulfonamides is 1. The summed E-state index contributed by atoms with van der Waals surface area (Å²) >= 11 is 1.16. The average Bonchev–Trinajstić information content (AvgIpc) is 3.25. The smallest absolute Gasteiger partial charge is 0.267 e. The summed E-state index contributed by atoms with van der Waals surface area (Å²) in [5.41, 5.74) is 1.96. The van der Waals surface area contributed by atoms with Gasteiger partial charge in [0.15, 0.2) is 22.7 Å². The molecule has 0 aliphatic carbocycles. The molecule has 3 heterocycles. The lowest BCUT2D eigenvalue weighted by Gasteiger charge is -2.30. The van der Waals surface area contributed by atoms with Crippen LogP contribution >= 0.6 is 11.3 Å². The van der Waals surface area contributed by atoms with Crippen LogP contribution in [0.25, 0.3) is 11.3 Å². The van der Waals surface area contributed by atoms with Crippen LogP contribution < -0.4 is 23.8 Å². The van der Waals surface area contributed by atoms with Crippen molar-refractivity contribution in [2.75, 3.05) is 29.9 Å². The zero-order valence-electron chi connectivity index (χ0n) is 17.2. The Morgan fingerprint density at radius 2 is 1.84 bits per heavy atom. The maximum atomic E-state index is 12.8. The maximum absolute atomic E-state index is 12.8. The molecule has 0 radical (unpaired) electrons. The zero-order chi connectivity index (χ0) is 22.5. The molecule has 1 N–H and O–H groups in total. The molecule has 0 saturated carbocycles. The van der Waals surface area contributed by atoms with E-state index in [2.05, 4.69) is 9.71 Å². The van der Waals surface area contributed by atoms with E-state index in [9.17, 15) is 13.2 Å². The van der Waals surface area contributed by atoms with E-state index in [0.29, 0.717) is 41.8 Å². The van der Waals surface area contributed by atoms with E-state index in [1.165, 1.54) is 12.1 Å². The van der Waals surface area contributed by atoms with Crippen LogP contribution in [-0.2, 0) is 14.8 Å². The van der Waals surface area contributed by atoms with Crippen LogP contribution in [0.4, 0.5) is 10.8 Å². The van der Waals surface area contributed by atoms with Crippen molar-refractivity contribution < 1.29 is 27.4 Å². The highest BCUT2D eigenvalue weighted by Crippen LogP contribution is 2.38. The van der Waals surface area contributed by atoms with Crippen LogP contribution in [0.3, 0.4) is 0 Å². The molecule has 5 rings (SSSR count). The predicted molar refractivity (Wildman–Crippen MR) is 119 cm³/mol. The van der Waals surface area contributed by atoms with Crippen molar-refractivity contribution in [1.82, 2.24) is 4.98 Å². The molecule has 9 nitrogen and oxygen atoms in total. The molecule has 1 atom stereocenters. The van der Waals surface area contributed by atoms with Gasteiger partial charge in [0, 0.05) is 24.1 Å². The topological polar surface area (TPSA) is 107 Å². The Morgan fingerprint density at radius 1 is 1.09 bits per heavy atom. The Kier molecular flexibility index (Phi) is 4.94. The summed E-state index contributed by atoms with van der Waals surface area (Å²) in [5, 5.41) is 1.97. The van der Waals surface area contributed by atoms with E-state index < -0.39 is 16.1 Å². The number of hydrogen-bond acceptors (Lipinski definition) is 8. The quantitative estimate of drug-likeness (QED) is 0.620. The van der Waals surface area contributed by atoms with E-state index in [-0.39, 0.29) is 15.9 Å². The molecule has 0 fully saturated rings. The number of aromatic nitrogens is 1. The van der Waals surface area contributed by atoms with Crippen LogP contribution in [0, 0.1) is 0 Å². The molecule has 32 heavy (non-hydrogen) atoms. The number of carbonyl (C=O) groups is 1. The third kappa shape index (κ3) is 3.63. The molecular formula is C21H19N3O6S2. The molecule has 1 amide bonds. The lowest BCUT2D eigenvalue weighted by atomic mass is 10.1. The number of nitrogens with zero attached hydrogens (tertiary/aromatic N) is 2. The number of fused-ring (bicyclic) bond motifs is 2. The van der Waals surface area contributed by atoms with E-state index in [1.807, 2.05) is 6.07 Å². The predicted octanol–water partition coefficient (Wildman–Crippen LogP) is 3.13. The second-order valence-corrected chi connectivity index (χ2v) is 9.83. The summed E-state index contributed by atoms with van der Waals surface area (Å²) in [6, 6.07) is 9.87. The lowest BCUT2D eigenvalue weighted by Crippen LogP contribution is -2.41. The summed E-state index contributed by atoms with van der Waals surface area (Å²) in [5.74, 6) is 1.38. The minimum Gasteiger partial charge on any atom is -0.486 e. The van der Waals surface area contributed by atoms with E-state index in [0.717, 1.165) is 16.9 Å². The normalized spacial score (nSPS) is 17.5. The van der Waals surface area contributed by atoms with Crippen molar-refractivity contribution in [3.8, 4) is 28.5 Å². The molecule has 3 aromatic rings. The Hall–Kier alpha value is -3.31. The number of likely N-dealkylation sites (N-methyl/N-ethyl adjacent to an activating group) is 1. The number of thiazole rings is 1. The number of carbonyl (C=O) groups excluding carboxylic acids is 1. The Balaban J connectivity index is 1.39. The Bertz CT molecular complexity index is 1320. The first kappa shape index (κ1) is 20.6. The number of hydrogen-bond donors (Lipinski definition) is 1. The van der Waals surface area contributed by atoms with Gasteiger partial charge in [0.1, 0.15) is 19.0 Å². The third-order valence-electron chi connectivity index (χ3n) is 5.15. The first-order valence-electron chi connectivity index (χ1n) is 9.78. The summed E-state index contributed by atoms with van der Waals surface area (Å²) in [4.78, 5) is 18.2. The molecular weight excluding hydrogens is 454 g/mol. The maximum Gasteiger partial charge on any atom is 0.267 e. The average molecular weight is 474 g/mol. The molecule has 166 valence electrons. The van der Waals surface area contributed by atoms with Crippen molar-refractivity contribution in [2.45, 2.75) is 17.9 Å². The molecule has 0 spiro atoms. The van der Waals surface area contributed by atoms with Crippen LogP contribution in [0.1, 0.15) is 6.92 Å². The number of nitrogens with one attached hydrogen (secondary N) is 1. The van der Waals surface area contributed by atoms with Crippen molar-refractivity contribution in [3.05, 3.63) is 41.8 Å². The van der Waals surface area contributed by atoms with Gasteiger partial charge >= 0.3 is 0 Å². The SMILES string of the molecule is CC1Oc2ccc(-c3csc(NS(=O)(=O)c4ccc5c(c4)OCCO5)n3)cc2N(C)C1=O. The first-order valence-corrected chi connectivity index (χ1v) is 12.1. The van der Waals surface area contributed by atoms with Gasteiger partial charge in [-0.1, -0.05) is 0 Å². The van der Waals surface area contributed by atoms with Gasteiger partial charge in [-0.05, 0) is 37.3 Å². The van der Waals surface area contributed by atoms with Gasteiger partial charge in [0.05, 0.1) is 16.3 Å². The standard InChI is InChI=1S/C21H19N3O6S2/c1-12-20(25)24(2)16-9-13(3-5-17(16)30-12)15-11-31-21(22-15)23-32(26,27)14-4-6-18-19(10-14)29-8-7-28-18/h3-6,9-12H,7-8H2,1-2H3,(H,22,23). The van der Waals surface area contributed by atoms with Gasteiger partial charge in [-0.2, -0.15) is 0 Å². The van der Waals surface area contributed by atoms with Crippen LogP contribution in [0.15, 0.2) is 46.7 Å². The largest absolute Gasteiger partial charge is 0.486 e. The molecule has 1 unspecified atom stereocenters. The summed E-state index contributed by atoms with van der Waals surface area (Å²) < 4.78 is 44.7. The number of benzene rings is 2. The molecule has 2 aliphatic rings. The monoisotopic (exact) mass is 473 g/mol. The van der Waals surface area contributed by atoms with Gasteiger partial charge in [0.25, 0.3) is 15.9 Å². The van der Waals surface area contributed by atoms with E-state index in [4.69, 9.17) is 14.2 Å². The highest BCUT2D eigenvalue weighted by Gasteiger charge is 2.29. The van der Waals surface area contributed by atoms with E-state index >= 15 is 0 Å². The number of anilines is 2. The minimum atomic E-state index is -3.86. The minimum absolute atomic E-state index is 0.0543. The fourth-order valence-electron chi connectivity index (χ4n) is 3.49. The van der Waals surface area contributed by atoms with Gasteiger partial charge in [-0.25, -0.2) is 13.4 Å². The molecule has 0 bridgehead atoms. The van der Waals surface area contributed by atoms with Crippen LogP contribution in [-0.4, -0.2) is 45.7 Å². The Morgan fingerprint density at radius 3 is 2.66 bits per heavy atom. The number of ether oxygens (including phenoxy) is 3. The molecule has 0 saturated heterocycles. The molecule has 11 heteroatoms. The van der Waals surface area contributed by atoms with Crippen molar-refractivity contribution in [2.24, 2.45) is 0 Å². The molecule has 1 aromatic heterocycles. The van der Waals surface area contributed by atoms with Gasteiger partial charge in [0.2, 0.25) is 0 Å². The molecule has 2 aliphatic heterocycles. The first-order chi connectivity index (χ1) is 15.3. The van der Waals surface area contributed by atoms with Crippen LogP contribution in [0.2, 0.25) is 0 Å². The van der Waals surface area contributed by atoms with Crippen molar-refractivity contribution >= 4 is 38.1 Å². The summed E-state index contributed by atoms with van der Waals surface area (Å²) in [6.45, 7) is 2.50.